The van der Waals surface area contributed by atoms with Gasteiger partial charge in [-0.15, -0.1) is 0 Å². The summed E-state index contributed by atoms with van der Waals surface area (Å²) in [7, 11) is -3.62. The number of amides is 1. The summed E-state index contributed by atoms with van der Waals surface area (Å²) in [6.45, 7) is 4.81. The Kier molecular flexibility index (Phi) is 6.13. The van der Waals surface area contributed by atoms with Crippen molar-refractivity contribution in [1.29, 1.82) is 0 Å². The van der Waals surface area contributed by atoms with E-state index in [1.165, 1.54) is 24.3 Å². The Labute approximate surface area is 187 Å². The van der Waals surface area contributed by atoms with E-state index in [9.17, 15) is 17.6 Å². The monoisotopic (exact) mass is 452 g/mol. The molecule has 4 rings (SSSR count). The average molecular weight is 453 g/mol. The van der Waals surface area contributed by atoms with Crippen LogP contribution in [0.4, 0.5) is 10.1 Å². The zero-order valence-electron chi connectivity index (χ0n) is 18.0. The zero-order valence-corrected chi connectivity index (χ0v) is 18.8. The molecule has 0 bridgehead atoms. The van der Waals surface area contributed by atoms with E-state index in [4.69, 9.17) is 0 Å². The Morgan fingerprint density at radius 3 is 2.38 bits per heavy atom. The lowest BCUT2D eigenvalue weighted by molar-refractivity contribution is 0.0989. The Morgan fingerprint density at radius 1 is 1.03 bits per heavy atom. The first-order valence-corrected chi connectivity index (χ1v) is 12.0. The number of anilines is 1. The molecule has 0 fully saturated rings. The first-order valence-electron chi connectivity index (χ1n) is 10.5. The maximum atomic E-state index is 13.2. The molecule has 32 heavy (non-hydrogen) atoms. The fraction of sp³-hybridized carbons (Fsp3) is 0.240. The van der Waals surface area contributed by atoms with E-state index in [1.807, 2.05) is 30.3 Å². The fourth-order valence-corrected chi connectivity index (χ4v) is 4.84. The van der Waals surface area contributed by atoms with Crippen molar-refractivity contribution in [2.24, 2.45) is 0 Å². The molecular formula is C25H25FN2O3S. The molecule has 3 aromatic rings. The second kappa shape index (κ2) is 8.84. The number of nitrogens with zero attached hydrogens (tertiary/aromatic N) is 1. The normalized spacial score (nSPS) is 13.4. The van der Waals surface area contributed by atoms with Crippen LogP contribution < -0.4 is 9.62 Å². The molecule has 1 N–H and O–H groups in total. The van der Waals surface area contributed by atoms with Gasteiger partial charge in [-0.3, -0.25) is 4.79 Å². The van der Waals surface area contributed by atoms with Crippen molar-refractivity contribution in [3.8, 4) is 0 Å². The first-order chi connectivity index (χ1) is 15.2. The number of hydrogen-bond acceptors (Lipinski definition) is 3. The summed E-state index contributed by atoms with van der Waals surface area (Å²) in [6, 6.07) is 18.0. The third-order valence-electron chi connectivity index (χ3n) is 5.70. The molecular weight excluding hydrogens is 427 g/mol. The molecule has 0 atom stereocenters. The van der Waals surface area contributed by atoms with Gasteiger partial charge in [-0.1, -0.05) is 38.1 Å². The van der Waals surface area contributed by atoms with Crippen LogP contribution in [0, 0.1) is 5.82 Å². The molecule has 0 radical (unpaired) electrons. The Bertz CT molecular complexity index is 1240. The number of carbonyl (C=O) groups is 1. The molecule has 0 unspecified atom stereocenters. The number of carbonyl (C=O) groups excluding carboxylic acids is 1. The number of nitrogens with one attached hydrogen (secondary N) is 1. The Balaban J connectivity index is 1.45. The summed E-state index contributed by atoms with van der Waals surface area (Å²) in [5, 5.41) is 0. The van der Waals surface area contributed by atoms with Crippen LogP contribution in [0.25, 0.3) is 0 Å². The molecule has 0 spiro atoms. The SMILES string of the molecule is CC(C)c1ccc(S(=O)(=O)NCc2ccc3c(c2)CCN3C(=O)c2ccc(F)cc2)cc1. The third-order valence-corrected chi connectivity index (χ3v) is 7.12. The van der Waals surface area contributed by atoms with E-state index < -0.39 is 10.0 Å². The molecule has 0 saturated carbocycles. The highest BCUT2D eigenvalue weighted by Crippen LogP contribution is 2.30. The first kappa shape index (κ1) is 22.2. The van der Waals surface area contributed by atoms with Crippen molar-refractivity contribution in [3.63, 3.8) is 0 Å². The zero-order chi connectivity index (χ0) is 22.9. The van der Waals surface area contributed by atoms with Crippen LogP contribution in [-0.2, 0) is 23.0 Å². The third kappa shape index (κ3) is 4.59. The van der Waals surface area contributed by atoms with Gasteiger partial charge in [0.05, 0.1) is 4.90 Å². The van der Waals surface area contributed by atoms with E-state index in [0.717, 1.165) is 22.4 Å². The number of sulfonamides is 1. The van der Waals surface area contributed by atoms with Crippen molar-refractivity contribution in [2.45, 2.75) is 37.6 Å². The van der Waals surface area contributed by atoms with Crippen LogP contribution in [0.15, 0.2) is 71.6 Å². The number of hydrogen-bond donors (Lipinski definition) is 1. The molecule has 7 heteroatoms. The van der Waals surface area contributed by atoms with E-state index in [2.05, 4.69) is 18.6 Å². The lowest BCUT2D eigenvalue weighted by Gasteiger charge is -2.18. The highest BCUT2D eigenvalue weighted by Gasteiger charge is 2.26. The van der Waals surface area contributed by atoms with Crippen LogP contribution in [0.2, 0.25) is 0 Å². The van der Waals surface area contributed by atoms with Gasteiger partial charge in [-0.2, -0.15) is 0 Å². The van der Waals surface area contributed by atoms with Crippen molar-refractivity contribution < 1.29 is 17.6 Å². The van der Waals surface area contributed by atoms with Gasteiger partial charge in [0.2, 0.25) is 10.0 Å². The van der Waals surface area contributed by atoms with E-state index in [1.54, 1.807) is 17.0 Å². The summed E-state index contributed by atoms with van der Waals surface area (Å²) in [6.07, 6.45) is 0.680. The van der Waals surface area contributed by atoms with Gasteiger partial charge < -0.3 is 4.90 Å². The fourth-order valence-electron chi connectivity index (χ4n) is 3.82. The largest absolute Gasteiger partial charge is 0.308 e. The minimum atomic E-state index is -3.62. The Morgan fingerprint density at radius 2 is 1.72 bits per heavy atom. The van der Waals surface area contributed by atoms with Crippen molar-refractivity contribution in [2.75, 3.05) is 11.4 Å². The van der Waals surface area contributed by atoms with Gasteiger partial charge in [0.1, 0.15) is 5.82 Å². The standard InChI is InChI=1S/C25H25FN2O3S/c1-17(2)19-6-10-23(11-7-19)32(30,31)27-16-18-3-12-24-21(15-18)13-14-28(24)25(29)20-4-8-22(26)9-5-20/h3-12,15,17,27H,13-14,16H2,1-2H3. The Hall–Kier alpha value is -3.03. The van der Waals surface area contributed by atoms with Crippen LogP contribution >= 0.6 is 0 Å². The average Bonchev–Trinajstić information content (AvgIpc) is 3.21. The lowest BCUT2D eigenvalue weighted by Crippen LogP contribution is -2.28. The highest BCUT2D eigenvalue weighted by molar-refractivity contribution is 7.89. The van der Waals surface area contributed by atoms with E-state index in [0.29, 0.717) is 24.4 Å². The van der Waals surface area contributed by atoms with E-state index in [-0.39, 0.29) is 23.2 Å². The molecule has 0 aromatic heterocycles. The lowest BCUT2D eigenvalue weighted by atomic mass is 10.0. The van der Waals surface area contributed by atoms with Crippen molar-refractivity contribution in [3.05, 3.63) is 94.8 Å². The summed E-state index contributed by atoms with van der Waals surface area (Å²) < 4.78 is 41.1. The summed E-state index contributed by atoms with van der Waals surface area (Å²) in [4.78, 5) is 14.7. The summed E-state index contributed by atoms with van der Waals surface area (Å²) in [5.41, 5.74) is 4.12. The molecule has 3 aromatic carbocycles. The van der Waals surface area contributed by atoms with Gasteiger partial charge in [0.25, 0.3) is 5.91 Å². The molecule has 166 valence electrons. The highest BCUT2D eigenvalue weighted by atomic mass is 32.2. The molecule has 1 aliphatic rings. The van der Waals surface area contributed by atoms with Gasteiger partial charge in [0, 0.05) is 24.3 Å². The van der Waals surface area contributed by atoms with Crippen molar-refractivity contribution >= 4 is 21.6 Å². The molecule has 0 saturated heterocycles. The predicted molar refractivity (Wildman–Crippen MR) is 123 cm³/mol. The maximum absolute atomic E-state index is 13.2. The molecule has 1 amide bonds. The second-order valence-electron chi connectivity index (χ2n) is 8.23. The minimum absolute atomic E-state index is 0.160. The predicted octanol–water partition coefficient (Wildman–Crippen LogP) is 4.63. The van der Waals surface area contributed by atoms with Crippen LogP contribution in [0.3, 0.4) is 0 Å². The van der Waals surface area contributed by atoms with Crippen LogP contribution in [-0.4, -0.2) is 20.9 Å². The second-order valence-corrected chi connectivity index (χ2v) is 9.99. The van der Waals surface area contributed by atoms with Crippen LogP contribution in [0.5, 0.6) is 0 Å². The summed E-state index contributed by atoms with van der Waals surface area (Å²) in [5.74, 6) is -0.228. The smallest absolute Gasteiger partial charge is 0.258 e. The number of fused-ring (bicyclic) bond motifs is 1. The van der Waals surface area contributed by atoms with Crippen LogP contribution in [0.1, 0.15) is 46.8 Å². The van der Waals surface area contributed by atoms with Gasteiger partial charge >= 0.3 is 0 Å². The maximum Gasteiger partial charge on any atom is 0.258 e. The molecule has 1 heterocycles. The number of rotatable bonds is 6. The van der Waals surface area contributed by atoms with Gasteiger partial charge in [-0.05, 0) is 71.5 Å². The topological polar surface area (TPSA) is 66.5 Å². The summed E-state index contributed by atoms with van der Waals surface area (Å²) >= 11 is 0. The number of halogens is 1. The molecule has 5 nitrogen and oxygen atoms in total. The van der Waals surface area contributed by atoms with E-state index >= 15 is 0 Å². The van der Waals surface area contributed by atoms with Crippen molar-refractivity contribution in [1.82, 2.24) is 4.72 Å². The van der Waals surface area contributed by atoms with Gasteiger partial charge in [-0.25, -0.2) is 17.5 Å². The minimum Gasteiger partial charge on any atom is -0.308 e. The van der Waals surface area contributed by atoms with Gasteiger partial charge in [0.15, 0.2) is 0 Å². The number of benzene rings is 3. The molecule has 0 aliphatic carbocycles. The quantitative estimate of drug-likeness (QED) is 0.593. The molecule has 1 aliphatic heterocycles.